The number of benzene rings is 1. The van der Waals surface area contributed by atoms with E-state index < -0.39 is 6.67 Å². The molecule has 1 fully saturated rings. The fourth-order valence-electron chi connectivity index (χ4n) is 3.80. The maximum Gasteiger partial charge on any atom is 0.260 e. The number of aryl methyl sites for hydroxylation is 1. The molecule has 0 spiro atoms. The molecule has 0 saturated heterocycles. The van der Waals surface area contributed by atoms with E-state index in [1.165, 1.54) is 4.57 Å². The second kappa shape index (κ2) is 8.47. The Morgan fingerprint density at radius 2 is 1.97 bits per heavy atom. The molecule has 0 unspecified atom stereocenters. The molecule has 2 aromatic heterocycles. The van der Waals surface area contributed by atoms with Crippen molar-refractivity contribution < 1.29 is 9.50 Å². The van der Waals surface area contributed by atoms with Gasteiger partial charge in [0.25, 0.3) is 5.56 Å². The van der Waals surface area contributed by atoms with Crippen LogP contribution in [0, 0.1) is 0 Å². The van der Waals surface area contributed by atoms with Gasteiger partial charge >= 0.3 is 0 Å². The summed E-state index contributed by atoms with van der Waals surface area (Å²) < 4.78 is 14.6. The fraction of sp³-hybridized carbons (Fsp3) is 0.381. The van der Waals surface area contributed by atoms with Crippen molar-refractivity contribution in [1.29, 1.82) is 0 Å². The second-order valence-electron chi connectivity index (χ2n) is 7.31. The van der Waals surface area contributed by atoms with Crippen LogP contribution in [0.15, 0.2) is 41.3 Å². The molecule has 0 amide bonds. The molecule has 0 radical (unpaired) electrons. The highest BCUT2D eigenvalue weighted by molar-refractivity contribution is 6.33. The molecular weight excluding hydrogens is 395 g/mol. The Bertz CT molecular complexity index is 1080. The van der Waals surface area contributed by atoms with Crippen LogP contribution in [-0.4, -0.2) is 38.5 Å². The minimum absolute atomic E-state index is 0.0975. The molecule has 1 aliphatic rings. The highest BCUT2D eigenvalue weighted by Gasteiger charge is 2.20. The van der Waals surface area contributed by atoms with Gasteiger partial charge in [-0.3, -0.25) is 9.36 Å². The highest BCUT2D eigenvalue weighted by Crippen LogP contribution is 2.27. The summed E-state index contributed by atoms with van der Waals surface area (Å²) in [6.07, 6.45) is 4.51. The van der Waals surface area contributed by atoms with E-state index in [-0.39, 0.29) is 24.2 Å². The third-order valence-electron chi connectivity index (χ3n) is 5.33. The summed E-state index contributed by atoms with van der Waals surface area (Å²) in [6.45, 7) is -0.784. The molecule has 0 bridgehead atoms. The molecule has 29 heavy (non-hydrogen) atoms. The number of anilines is 1. The Balaban J connectivity index is 1.76. The van der Waals surface area contributed by atoms with Crippen LogP contribution >= 0.6 is 11.6 Å². The lowest BCUT2D eigenvalue weighted by Crippen LogP contribution is -2.29. The Morgan fingerprint density at radius 3 is 2.69 bits per heavy atom. The number of nitrogens with zero attached hydrogens (tertiary/aromatic N) is 3. The summed E-state index contributed by atoms with van der Waals surface area (Å²) in [5.74, 6) is 0.399. The van der Waals surface area contributed by atoms with Crippen LogP contribution in [0.4, 0.5) is 10.3 Å². The van der Waals surface area contributed by atoms with Gasteiger partial charge in [-0.15, -0.1) is 0 Å². The molecule has 3 aromatic rings. The highest BCUT2D eigenvalue weighted by atomic mass is 35.5. The van der Waals surface area contributed by atoms with Gasteiger partial charge in [-0.05, 0) is 37.8 Å². The molecule has 152 valence electrons. The van der Waals surface area contributed by atoms with Crippen molar-refractivity contribution in [2.24, 2.45) is 0 Å². The smallest absolute Gasteiger partial charge is 0.260 e. The Hall–Kier alpha value is -2.51. The zero-order chi connectivity index (χ0) is 20.4. The van der Waals surface area contributed by atoms with E-state index in [1.807, 2.05) is 0 Å². The Labute approximate surface area is 172 Å². The van der Waals surface area contributed by atoms with Crippen molar-refractivity contribution in [2.75, 3.05) is 12.0 Å². The van der Waals surface area contributed by atoms with E-state index in [0.29, 0.717) is 33.1 Å². The van der Waals surface area contributed by atoms with E-state index in [9.17, 15) is 14.3 Å². The average molecular weight is 417 g/mol. The van der Waals surface area contributed by atoms with Crippen molar-refractivity contribution in [2.45, 2.75) is 44.4 Å². The minimum atomic E-state index is -0.686. The molecule has 0 atom stereocenters. The molecule has 2 heterocycles. The van der Waals surface area contributed by atoms with Crippen LogP contribution in [0.2, 0.25) is 5.02 Å². The average Bonchev–Trinajstić information content (AvgIpc) is 2.72. The predicted molar refractivity (Wildman–Crippen MR) is 112 cm³/mol. The molecule has 4 rings (SSSR count). The molecule has 1 aromatic carbocycles. The van der Waals surface area contributed by atoms with Gasteiger partial charge in [0.05, 0.1) is 12.6 Å². The molecule has 0 aliphatic heterocycles. The van der Waals surface area contributed by atoms with Gasteiger partial charge in [-0.25, -0.2) is 9.37 Å². The first-order valence-electron chi connectivity index (χ1n) is 9.73. The van der Waals surface area contributed by atoms with Gasteiger partial charge < -0.3 is 10.4 Å². The van der Waals surface area contributed by atoms with E-state index in [1.54, 1.807) is 36.5 Å². The van der Waals surface area contributed by atoms with Crippen molar-refractivity contribution in [3.63, 3.8) is 0 Å². The zero-order valence-corrected chi connectivity index (χ0v) is 16.6. The van der Waals surface area contributed by atoms with Crippen LogP contribution in [0.25, 0.3) is 22.2 Å². The van der Waals surface area contributed by atoms with Crippen LogP contribution in [0.5, 0.6) is 0 Å². The minimum Gasteiger partial charge on any atom is -0.393 e. The summed E-state index contributed by atoms with van der Waals surface area (Å²) in [5.41, 5.74) is 1.03. The molecular formula is C21H22ClFN4O2. The topological polar surface area (TPSA) is 80.0 Å². The normalized spacial score (nSPS) is 19.4. The largest absolute Gasteiger partial charge is 0.393 e. The van der Waals surface area contributed by atoms with Gasteiger partial charge in [0.2, 0.25) is 5.95 Å². The number of fused-ring (bicyclic) bond motifs is 1. The maximum absolute atomic E-state index is 13.2. The number of aliphatic hydroxyl groups is 1. The Kier molecular flexibility index (Phi) is 5.78. The number of aliphatic hydroxyl groups excluding tert-OH is 1. The quantitative estimate of drug-likeness (QED) is 0.661. The van der Waals surface area contributed by atoms with Crippen LogP contribution in [0.1, 0.15) is 25.7 Å². The van der Waals surface area contributed by atoms with Crippen LogP contribution < -0.4 is 10.9 Å². The summed E-state index contributed by atoms with van der Waals surface area (Å²) >= 11 is 6.27. The zero-order valence-electron chi connectivity index (χ0n) is 15.8. The second-order valence-corrected chi connectivity index (χ2v) is 7.71. The molecule has 2 N–H and O–H groups in total. The first kappa shape index (κ1) is 19.8. The van der Waals surface area contributed by atoms with E-state index in [0.717, 1.165) is 25.7 Å². The van der Waals surface area contributed by atoms with Gasteiger partial charge in [0.1, 0.15) is 12.3 Å². The van der Waals surface area contributed by atoms with Crippen molar-refractivity contribution in [1.82, 2.24) is 14.5 Å². The molecule has 1 saturated carbocycles. The molecule has 1 aliphatic carbocycles. The monoisotopic (exact) mass is 416 g/mol. The third kappa shape index (κ3) is 4.11. The summed E-state index contributed by atoms with van der Waals surface area (Å²) in [7, 11) is 0. The standard InChI is InChI=1S/C21H22ClFN4O2/c22-18-4-2-1-3-16(18)17-11-13-12-24-21(25-14-5-7-15(28)8-6-14)26-19(13)27(10-9-23)20(17)29/h1-4,11-12,14-15,28H,5-10H2,(H,24,25,26). The maximum atomic E-state index is 13.2. The Morgan fingerprint density at radius 1 is 1.21 bits per heavy atom. The number of hydrogen-bond acceptors (Lipinski definition) is 5. The number of hydrogen-bond donors (Lipinski definition) is 2. The predicted octanol–water partition coefficient (Wildman–Crippen LogP) is 3.80. The lowest BCUT2D eigenvalue weighted by Gasteiger charge is -2.26. The number of halogens is 2. The number of aromatic nitrogens is 3. The van der Waals surface area contributed by atoms with E-state index >= 15 is 0 Å². The van der Waals surface area contributed by atoms with Gasteiger partial charge in [-0.2, -0.15) is 4.98 Å². The van der Waals surface area contributed by atoms with Crippen molar-refractivity contribution in [3.05, 3.63) is 51.9 Å². The first-order chi connectivity index (χ1) is 14.1. The van der Waals surface area contributed by atoms with Crippen molar-refractivity contribution >= 4 is 28.6 Å². The van der Waals surface area contributed by atoms with E-state index in [4.69, 9.17) is 11.6 Å². The third-order valence-corrected chi connectivity index (χ3v) is 5.66. The van der Waals surface area contributed by atoms with Gasteiger partial charge in [0, 0.05) is 33.8 Å². The van der Waals surface area contributed by atoms with Crippen LogP contribution in [0.3, 0.4) is 0 Å². The summed E-state index contributed by atoms with van der Waals surface area (Å²) in [4.78, 5) is 22.0. The first-order valence-corrected chi connectivity index (χ1v) is 10.1. The molecule has 6 nitrogen and oxygen atoms in total. The number of nitrogens with one attached hydrogen (secondary N) is 1. The number of alkyl halides is 1. The fourth-order valence-corrected chi connectivity index (χ4v) is 4.03. The van der Waals surface area contributed by atoms with Crippen LogP contribution in [-0.2, 0) is 6.54 Å². The van der Waals surface area contributed by atoms with E-state index in [2.05, 4.69) is 15.3 Å². The molecule has 8 heteroatoms. The van der Waals surface area contributed by atoms with Gasteiger partial charge in [0.15, 0.2) is 0 Å². The summed E-state index contributed by atoms with van der Waals surface area (Å²) in [6, 6.07) is 8.94. The summed E-state index contributed by atoms with van der Waals surface area (Å²) in [5, 5.41) is 14.0. The van der Waals surface area contributed by atoms with Gasteiger partial charge in [-0.1, -0.05) is 29.8 Å². The number of pyridine rings is 1. The van der Waals surface area contributed by atoms with Crippen molar-refractivity contribution in [3.8, 4) is 11.1 Å². The lowest BCUT2D eigenvalue weighted by atomic mass is 9.93. The SMILES string of the molecule is O=c1c(-c2ccccc2Cl)cc2cnc(NC3CCC(O)CC3)nc2n1CCF. The lowest BCUT2D eigenvalue weighted by molar-refractivity contribution is 0.126. The number of rotatable bonds is 5.